The van der Waals surface area contributed by atoms with Gasteiger partial charge in [-0.3, -0.25) is 14.7 Å². The van der Waals surface area contributed by atoms with Crippen LogP contribution < -0.4 is 0 Å². The van der Waals surface area contributed by atoms with E-state index >= 15 is 0 Å². The zero-order valence-electron chi connectivity index (χ0n) is 11.7. The van der Waals surface area contributed by atoms with E-state index in [9.17, 15) is 9.90 Å². The first kappa shape index (κ1) is 14.1. The first-order chi connectivity index (χ1) is 10.0. The molecule has 1 fully saturated rings. The fraction of sp³-hybridized carbons (Fsp3) is 0.667. The van der Waals surface area contributed by atoms with Crippen molar-refractivity contribution in [2.75, 3.05) is 20.7 Å². The first-order valence-corrected chi connectivity index (χ1v) is 6.65. The number of aliphatic hydroxyl groups excluding tert-OH is 2. The van der Waals surface area contributed by atoms with Crippen LogP contribution in [0.5, 0.6) is 0 Å². The normalized spacial score (nSPS) is 34.9. The number of hydrogen-bond acceptors (Lipinski definition) is 8. The minimum atomic E-state index is -0.755. The van der Waals surface area contributed by atoms with E-state index in [1.807, 2.05) is 0 Å². The van der Waals surface area contributed by atoms with Crippen LogP contribution in [0.4, 0.5) is 0 Å². The fourth-order valence-corrected chi connectivity index (χ4v) is 2.46. The van der Waals surface area contributed by atoms with Crippen molar-refractivity contribution in [2.45, 2.75) is 30.9 Å². The van der Waals surface area contributed by atoms with Crippen molar-refractivity contribution in [3.63, 3.8) is 0 Å². The number of aliphatic hydroxyl groups is 2. The first-order valence-electron chi connectivity index (χ1n) is 6.65. The van der Waals surface area contributed by atoms with Gasteiger partial charge in [0.15, 0.2) is 11.9 Å². The van der Waals surface area contributed by atoms with Crippen LogP contribution in [0.15, 0.2) is 15.0 Å². The van der Waals surface area contributed by atoms with E-state index in [0.29, 0.717) is 18.2 Å². The van der Waals surface area contributed by atoms with Gasteiger partial charge in [-0.15, -0.1) is 0 Å². The van der Waals surface area contributed by atoms with Gasteiger partial charge in [0, 0.05) is 20.5 Å². The Morgan fingerprint density at radius 1 is 1.48 bits per heavy atom. The van der Waals surface area contributed by atoms with Crippen molar-refractivity contribution >= 4 is 24.0 Å². The maximum Gasteiger partial charge on any atom is 0.281 e. The molecule has 0 spiro atoms. The quantitative estimate of drug-likeness (QED) is 0.611. The third-order valence-corrected chi connectivity index (χ3v) is 3.60. The number of guanidine groups is 1. The third-order valence-electron chi connectivity index (χ3n) is 3.60. The molecule has 3 aliphatic rings. The van der Waals surface area contributed by atoms with Crippen LogP contribution in [0.25, 0.3) is 0 Å². The molecule has 0 aromatic heterocycles. The number of aliphatic imine (C=N–C) groups is 3. The summed E-state index contributed by atoms with van der Waals surface area (Å²) >= 11 is 0. The molecule has 9 nitrogen and oxygen atoms in total. The predicted octanol–water partition coefficient (Wildman–Crippen LogP) is -1.98. The van der Waals surface area contributed by atoms with Gasteiger partial charge in [0.2, 0.25) is 5.96 Å². The van der Waals surface area contributed by atoms with Crippen LogP contribution in [-0.4, -0.2) is 89.2 Å². The van der Waals surface area contributed by atoms with Gasteiger partial charge >= 0.3 is 0 Å². The molecule has 1 saturated heterocycles. The Morgan fingerprint density at radius 3 is 2.86 bits per heavy atom. The zero-order chi connectivity index (χ0) is 15.1. The molecule has 0 radical (unpaired) electrons. The molecule has 2 N–H and O–H groups in total. The second kappa shape index (κ2) is 5.17. The molecule has 9 heteroatoms. The molecule has 1 amide bonds. The van der Waals surface area contributed by atoms with Gasteiger partial charge in [-0.1, -0.05) is 0 Å². The minimum absolute atomic E-state index is 0.262. The Balaban J connectivity index is 1.84. The molecule has 3 rings (SSSR count). The van der Waals surface area contributed by atoms with E-state index in [2.05, 4.69) is 15.0 Å². The highest BCUT2D eigenvalue weighted by Crippen LogP contribution is 2.26. The number of amidine groups is 1. The van der Waals surface area contributed by atoms with Crippen LogP contribution in [0, 0.1) is 0 Å². The summed E-state index contributed by atoms with van der Waals surface area (Å²) in [6.07, 6.45) is -0.101. The second-order valence-corrected chi connectivity index (χ2v) is 5.30. The lowest BCUT2D eigenvalue weighted by Crippen LogP contribution is -2.45. The summed E-state index contributed by atoms with van der Waals surface area (Å²) in [7, 11) is 3.49. The monoisotopic (exact) mass is 295 g/mol. The van der Waals surface area contributed by atoms with Gasteiger partial charge in [0.1, 0.15) is 12.3 Å². The minimum Gasteiger partial charge on any atom is -0.394 e. The summed E-state index contributed by atoms with van der Waals surface area (Å²) < 4.78 is 5.58. The number of carbonyl (C=O) groups is 1. The molecule has 0 saturated carbocycles. The number of hydrogen-bond donors (Lipinski definition) is 2. The lowest BCUT2D eigenvalue weighted by molar-refractivity contribution is -0.117. The third kappa shape index (κ3) is 2.33. The Kier molecular flexibility index (Phi) is 3.47. The van der Waals surface area contributed by atoms with E-state index in [4.69, 9.17) is 9.84 Å². The maximum atomic E-state index is 12.0. The Labute approximate surface area is 121 Å². The van der Waals surface area contributed by atoms with Gasteiger partial charge in [-0.25, -0.2) is 0 Å². The fourth-order valence-electron chi connectivity index (χ4n) is 2.46. The van der Waals surface area contributed by atoms with E-state index < -0.39 is 24.5 Å². The molecule has 1 unspecified atom stereocenters. The molecule has 0 bridgehead atoms. The molecular formula is C12H17N5O4. The number of carbonyl (C=O) groups excluding carboxylic acids is 1. The van der Waals surface area contributed by atoms with Crippen LogP contribution in [0.3, 0.4) is 0 Å². The summed E-state index contributed by atoms with van der Waals surface area (Å²) in [5.74, 6) is 0.369. The van der Waals surface area contributed by atoms with Crippen molar-refractivity contribution in [3.05, 3.63) is 0 Å². The van der Waals surface area contributed by atoms with Crippen molar-refractivity contribution in [1.82, 2.24) is 9.80 Å². The van der Waals surface area contributed by atoms with Crippen molar-refractivity contribution < 1.29 is 19.7 Å². The summed E-state index contributed by atoms with van der Waals surface area (Å²) in [4.78, 5) is 27.6. The molecule has 0 aromatic carbocycles. The molecule has 114 valence electrons. The van der Waals surface area contributed by atoms with Gasteiger partial charge < -0.3 is 19.8 Å². The molecule has 0 aliphatic carbocycles. The smallest absolute Gasteiger partial charge is 0.281 e. The van der Waals surface area contributed by atoms with Gasteiger partial charge in [-0.2, -0.15) is 9.98 Å². The average Bonchev–Trinajstić information content (AvgIpc) is 3.01. The lowest BCUT2D eigenvalue weighted by Gasteiger charge is -2.26. The van der Waals surface area contributed by atoms with E-state index in [0.717, 1.165) is 0 Å². The standard InChI is InChI=1S/C12H17N5O4/c1-16(2)12-14-10-9(11(20)15-12)13-5-17(10)8-3-6(19)7(4-18)21-8/h5-9,18-19H,3-4H2,1-2H3/t6-,7+,8+,9?/m0/s1. The zero-order valence-corrected chi connectivity index (χ0v) is 11.7. The molecule has 3 heterocycles. The highest BCUT2D eigenvalue weighted by Gasteiger charge is 2.44. The van der Waals surface area contributed by atoms with Crippen LogP contribution in [0.2, 0.25) is 0 Å². The van der Waals surface area contributed by atoms with Gasteiger partial charge in [-0.05, 0) is 0 Å². The summed E-state index contributed by atoms with van der Waals surface area (Å²) in [6, 6.07) is -0.748. The number of ether oxygens (including phenoxy) is 1. The highest BCUT2D eigenvalue weighted by molar-refractivity contribution is 6.22. The number of amides is 1. The van der Waals surface area contributed by atoms with Crippen molar-refractivity contribution in [3.8, 4) is 0 Å². The average molecular weight is 295 g/mol. The SMILES string of the molecule is CN(C)C1=NC(=O)C2N=CN([C@H]3C[C@H](O)[C@@H](CO)O3)C2=N1. The maximum absolute atomic E-state index is 12.0. The number of fused-ring (bicyclic) bond motifs is 1. The molecule has 0 aromatic rings. The van der Waals surface area contributed by atoms with Crippen LogP contribution in [-0.2, 0) is 9.53 Å². The second-order valence-electron chi connectivity index (χ2n) is 5.30. The molecule has 4 atom stereocenters. The summed E-state index contributed by atoms with van der Waals surface area (Å²) in [5, 5.41) is 19.0. The molecule has 3 aliphatic heterocycles. The number of rotatable bonds is 2. The summed E-state index contributed by atoms with van der Waals surface area (Å²) in [6.45, 7) is -0.262. The van der Waals surface area contributed by atoms with E-state index in [-0.39, 0.29) is 12.5 Å². The number of nitrogens with zero attached hydrogens (tertiary/aromatic N) is 5. The van der Waals surface area contributed by atoms with Crippen molar-refractivity contribution in [2.24, 2.45) is 15.0 Å². The van der Waals surface area contributed by atoms with Gasteiger partial charge in [0.05, 0.1) is 19.0 Å². The largest absolute Gasteiger partial charge is 0.394 e. The Bertz CT molecular complexity index is 544. The van der Waals surface area contributed by atoms with Crippen molar-refractivity contribution in [1.29, 1.82) is 0 Å². The molecule has 21 heavy (non-hydrogen) atoms. The van der Waals surface area contributed by atoms with Crippen LogP contribution in [0.1, 0.15) is 6.42 Å². The lowest BCUT2D eigenvalue weighted by atomic mass is 10.2. The Morgan fingerprint density at radius 2 is 2.24 bits per heavy atom. The molecular weight excluding hydrogens is 278 g/mol. The van der Waals surface area contributed by atoms with E-state index in [1.54, 1.807) is 23.9 Å². The van der Waals surface area contributed by atoms with Crippen LogP contribution >= 0.6 is 0 Å². The topological polar surface area (TPSA) is 110 Å². The van der Waals surface area contributed by atoms with Gasteiger partial charge in [0.25, 0.3) is 5.91 Å². The predicted molar refractivity (Wildman–Crippen MR) is 74.1 cm³/mol. The Hall–Kier alpha value is -1.84. The summed E-state index contributed by atoms with van der Waals surface area (Å²) in [5.41, 5.74) is 0. The van der Waals surface area contributed by atoms with E-state index in [1.165, 1.54) is 6.34 Å². The highest BCUT2D eigenvalue weighted by atomic mass is 16.5.